The van der Waals surface area contributed by atoms with Gasteiger partial charge in [0, 0.05) is 38.4 Å². The van der Waals surface area contributed by atoms with Gasteiger partial charge in [-0.25, -0.2) is 4.39 Å². The van der Waals surface area contributed by atoms with Crippen LogP contribution in [-0.2, 0) is 21.5 Å². The highest BCUT2D eigenvalue weighted by Crippen LogP contribution is 2.49. The van der Waals surface area contributed by atoms with Crippen LogP contribution in [0.4, 0.5) is 10.1 Å². The van der Waals surface area contributed by atoms with Gasteiger partial charge in [0.25, 0.3) is 0 Å². The molecule has 0 aromatic heterocycles. The maximum absolute atomic E-state index is 13.1. The summed E-state index contributed by atoms with van der Waals surface area (Å²) in [7, 11) is 1.46. The van der Waals surface area contributed by atoms with Gasteiger partial charge in [0.1, 0.15) is 5.82 Å². The predicted octanol–water partition coefficient (Wildman–Crippen LogP) is 4.38. The summed E-state index contributed by atoms with van der Waals surface area (Å²) in [6.45, 7) is 8.74. The van der Waals surface area contributed by atoms with Crippen LogP contribution >= 0.6 is 0 Å². The lowest BCUT2D eigenvalue weighted by Crippen LogP contribution is -2.45. The molecule has 4 rings (SSSR count). The molecule has 0 amide bonds. The zero-order chi connectivity index (χ0) is 20.9. The van der Waals surface area contributed by atoms with Crippen molar-refractivity contribution in [3.8, 4) is 0 Å². The van der Waals surface area contributed by atoms with Crippen LogP contribution in [0.3, 0.4) is 0 Å². The van der Waals surface area contributed by atoms with E-state index in [2.05, 4.69) is 34.1 Å². The molecule has 1 aliphatic carbocycles. The number of rotatable bonds is 5. The first-order valence-corrected chi connectivity index (χ1v) is 10.5. The number of carbonyl (C=O) groups is 1. The zero-order valence-corrected chi connectivity index (χ0v) is 17.7. The molecule has 0 atom stereocenters. The first-order chi connectivity index (χ1) is 14.1. The van der Waals surface area contributed by atoms with Crippen LogP contribution in [0.25, 0.3) is 0 Å². The summed E-state index contributed by atoms with van der Waals surface area (Å²) in [5.41, 5.74) is 3.01. The number of carbonyl (C=O) groups excluding carboxylic acids is 1. The van der Waals surface area contributed by atoms with Crippen LogP contribution in [0.15, 0.2) is 48.5 Å². The molecule has 1 aliphatic heterocycles. The van der Waals surface area contributed by atoms with Gasteiger partial charge in [-0.05, 0) is 48.2 Å². The van der Waals surface area contributed by atoms with E-state index in [9.17, 15) is 9.18 Å². The third-order valence-electron chi connectivity index (χ3n) is 5.80. The molecule has 0 unspecified atom stereocenters. The van der Waals surface area contributed by atoms with E-state index in [0.717, 1.165) is 56.8 Å². The van der Waals surface area contributed by atoms with E-state index in [0.29, 0.717) is 0 Å². The Hall–Kier alpha value is -2.40. The average Bonchev–Trinajstić information content (AvgIpc) is 3.58. The van der Waals surface area contributed by atoms with E-state index >= 15 is 0 Å². The lowest BCUT2D eigenvalue weighted by Gasteiger charge is -2.36. The molecule has 29 heavy (non-hydrogen) atoms. The Morgan fingerprint density at radius 2 is 1.55 bits per heavy atom. The van der Waals surface area contributed by atoms with Crippen LogP contribution in [0.2, 0.25) is 0 Å². The van der Waals surface area contributed by atoms with Gasteiger partial charge in [0.05, 0.1) is 12.5 Å². The normalized spacial score (nSPS) is 17.9. The molecule has 156 valence electrons. The lowest BCUT2D eigenvalue weighted by molar-refractivity contribution is -0.143. The predicted molar refractivity (Wildman–Crippen MR) is 115 cm³/mol. The molecule has 1 heterocycles. The van der Waals surface area contributed by atoms with Gasteiger partial charge in [-0.1, -0.05) is 38.1 Å². The quantitative estimate of drug-likeness (QED) is 0.700. The molecular formula is C24H31FN2O2. The third kappa shape index (κ3) is 4.78. The number of anilines is 1. The van der Waals surface area contributed by atoms with Crippen molar-refractivity contribution in [2.75, 3.05) is 38.2 Å². The topological polar surface area (TPSA) is 32.8 Å². The Morgan fingerprint density at radius 3 is 2.07 bits per heavy atom. The molecule has 1 saturated heterocycles. The molecule has 0 N–H and O–H groups in total. The molecule has 0 spiro atoms. The fraction of sp³-hybridized carbons (Fsp3) is 0.458. The molecular weight excluding hydrogens is 367 g/mol. The maximum atomic E-state index is 13.1. The van der Waals surface area contributed by atoms with Crippen molar-refractivity contribution >= 4 is 11.7 Å². The lowest BCUT2D eigenvalue weighted by atomic mass is 9.95. The van der Waals surface area contributed by atoms with E-state index in [4.69, 9.17) is 4.74 Å². The molecule has 2 fully saturated rings. The van der Waals surface area contributed by atoms with Crippen LogP contribution < -0.4 is 4.90 Å². The second-order valence-corrected chi connectivity index (χ2v) is 7.51. The van der Waals surface area contributed by atoms with E-state index in [-0.39, 0.29) is 11.8 Å². The van der Waals surface area contributed by atoms with Gasteiger partial charge in [-0.15, -0.1) is 0 Å². The maximum Gasteiger partial charge on any atom is 0.316 e. The van der Waals surface area contributed by atoms with Crippen molar-refractivity contribution < 1.29 is 13.9 Å². The summed E-state index contributed by atoms with van der Waals surface area (Å²) in [4.78, 5) is 16.7. The van der Waals surface area contributed by atoms with Crippen molar-refractivity contribution in [2.24, 2.45) is 0 Å². The largest absolute Gasteiger partial charge is 0.468 e. The summed E-state index contributed by atoms with van der Waals surface area (Å²) in [5, 5.41) is 0. The van der Waals surface area contributed by atoms with Gasteiger partial charge in [-0.3, -0.25) is 9.69 Å². The van der Waals surface area contributed by atoms with Crippen molar-refractivity contribution in [1.82, 2.24) is 4.90 Å². The van der Waals surface area contributed by atoms with E-state index in [1.807, 2.05) is 26.0 Å². The molecule has 0 bridgehead atoms. The molecule has 2 aliphatic rings. The fourth-order valence-electron chi connectivity index (χ4n) is 3.93. The van der Waals surface area contributed by atoms with Crippen LogP contribution in [0, 0.1) is 5.82 Å². The Balaban J connectivity index is 0.00000117. The molecule has 0 radical (unpaired) electrons. The smallest absolute Gasteiger partial charge is 0.316 e. The van der Waals surface area contributed by atoms with E-state index in [1.54, 1.807) is 0 Å². The first-order valence-electron chi connectivity index (χ1n) is 10.5. The second-order valence-electron chi connectivity index (χ2n) is 7.51. The van der Waals surface area contributed by atoms with Gasteiger partial charge in [-0.2, -0.15) is 0 Å². The first kappa shape index (κ1) is 21.3. The molecule has 4 nitrogen and oxygen atoms in total. The number of hydrogen-bond donors (Lipinski definition) is 0. The monoisotopic (exact) mass is 398 g/mol. The summed E-state index contributed by atoms with van der Waals surface area (Å²) in [6, 6.07) is 15.1. The van der Waals surface area contributed by atoms with Crippen LogP contribution in [0.1, 0.15) is 37.8 Å². The Bertz CT molecular complexity index is 793. The van der Waals surface area contributed by atoms with Crippen molar-refractivity contribution in [3.63, 3.8) is 0 Å². The van der Waals surface area contributed by atoms with Gasteiger partial charge in [0.15, 0.2) is 0 Å². The zero-order valence-electron chi connectivity index (χ0n) is 17.7. The Labute approximate surface area is 173 Å². The van der Waals surface area contributed by atoms with Crippen molar-refractivity contribution in [2.45, 2.75) is 38.6 Å². The molecule has 2 aromatic rings. The minimum atomic E-state index is -0.395. The fourth-order valence-corrected chi connectivity index (χ4v) is 3.93. The van der Waals surface area contributed by atoms with Crippen LogP contribution in [-0.4, -0.2) is 44.2 Å². The minimum Gasteiger partial charge on any atom is -0.468 e. The van der Waals surface area contributed by atoms with Crippen LogP contribution in [0.5, 0.6) is 0 Å². The minimum absolute atomic E-state index is 0.118. The molecule has 2 aromatic carbocycles. The number of esters is 1. The molecule has 5 heteroatoms. The number of piperazine rings is 1. The number of halogens is 1. The van der Waals surface area contributed by atoms with E-state index < -0.39 is 5.41 Å². The SMILES string of the molecule is CC.COC(=O)C1(c2ccc(CN3CCN(c4ccc(F)cc4)CC3)cc2)CC1. The second kappa shape index (κ2) is 9.40. The Morgan fingerprint density at radius 1 is 0.966 bits per heavy atom. The van der Waals surface area contributed by atoms with Gasteiger partial charge in [0.2, 0.25) is 0 Å². The van der Waals surface area contributed by atoms with Gasteiger partial charge >= 0.3 is 5.97 Å². The summed E-state index contributed by atoms with van der Waals surface area (Å²) < 4.78 is 18.0. The average molecular weight is 399 g/mol. The van der Waals surface area contributed by atoms with Crippen molar-refractivity contribution in [3.05, 3.63) is 65.5 Å². The molecule has 1 saturated carbocycles. The van der Waals surface area contributed by atoms with Crippen molar-refractivity contribution in [1.29, 1.82) is 0 Å². The van der Waals surface area contributed by atoms with E-state index in [1.165, 1.54) is 24.8 Å². The number of ether oxygens (including phenoxy) is 1. The summed E-state index contributed by atoms with van der Waals surface area (Å²) in [5.74, 6) is -0.312. The van der Waals surface area contributed by atoms with Gasteiger partial charge < -0.3 is 9.64 Å². The number of nitrogens with zero attached hydrogens (tertiary/aromatic N) is 2. The highest BCUT2D eigenvalue weighted by Gasteiger charge is 2.52. The summed E-state index contributed by atoms with van der Waals surface area (Å²) in [6.07, 6.45) is 1.76. The highest BCUT2D eigenvalue weighted by molar-refractivity contribution is 5.86. The Kier molecular flexibility index (Phi) is 6.91. The number of hydrogen-bond acceptors (Lipinski definition) is 4. The standard InChI is InChI=1S/C22H25FN2O2.C2H6/c1-27-21(26)22(10-11-22)18-4-2-17(3-5-18)16-24-12-14-25(15-13-24)20-8-6-19(23)7-9-20;1-2/h2-9H,10-16H2,1H3;1-2H3. The summed E-state index contributed by atoms with van der Waals surface area (Å²) >= 11 is 0. The third-order valence-corrected chi connectivity index (χ3v) is 5.80. The highest BCUT2D eigenvalue weighted by atomic mass is 19.1. The number of benzene rings is 2. The number of methoxy groups -OCH3 is 1.